The molecule has 92 valence electrons. The van der Waals surface area contributed by atoms with E-state index in [0.29, 0.717) is 12.8 Å². The predicted molar refractivity (Wildman–Crippen MR) is 69.5 cm³/mol. The maximum absolute atomic E-state index is 11.4. The van der Waals surface area contributed by atoms with Gasteiger partial charge in [-0.2, -0.15) is 0 Å². The molecule has 0 fully saturated rings. The number of hydroxylamine groups is 2. The van der Waals surface area contributed by atoms with Crippen molar-refractivity contribution in [2.75, 3.05) is 14.2 Å². The number of benzene rings is 1. The van der Waals surface area contributed by atoms with Gasteiger partial charge >= 0.3 is 0 Å². The summed E-state index contributed by atoms with van der Waals surface area (Å²) in [7, 11) is 3.08. The summed E-state index contributed by atoms with van der Waals surface area (Å²) in [5, 5.41) is 1.95. The number of amides is 1. The number of nitrogens with zero attached hydrogens (tertiary/aromatic N) is 1. The second kappa shape index (κ2) is 7.09. The molecule has 0 radical (unpaired) electrons. The summed E-state index contributed by atoms with van der Waals surface area (Å²) < 4.78 is 0. The lowest BCUT2D eigenvalue weighted by Crippen LogP contribution is -2.24. The number of rotatable bonds is 5. The van der Waals surface area contributed by atoms with Crippen LogP contribution in [0, 0.1) is 0 Å². The highest BCUT2D eigenvalue weighted by atomic mass is 35.5. The van der Waals surface area contributed by atoms with E-state index >= 15 is 0 Å². The molecular formula is C13H16ClNO2. The molecule has 0 bridgehead atoms. The van der Waals surface area contributed by atoms with Gasteiger partial charge in [-0.1, -0.05) is 35.9 Å². The summed E-state index contributed by atoms with van der Waals surface area (Å²) in [4.78, 5) is 16.2. The zero-order valence-corrected chi connectivity index (χ0v) is 10.8. The van der Waals surface area contributed by atoms with Crippen molar-refractivity contribution in [2.45, 2.75) is 12.8 Å². The lowest BCUT2D eigenvalue weighted by molar-refractivity contribution is -0.168. The van der Waals surface area contributed by atoms with Crippen LogP contribution < -0.4 is 0 Å². The quantitative estimate of drug-likeness (QED) is 0.755. The second-order valence-electron chi connectivity index (χ2n) is 3.57. The largest absolute Gasteiger partial charge is 0.275 e. The fraction of sp³-hybridized carbons (Fsp3) is 0.308. The van der Waals surface area contributed by atoms with Crippen LogP contribution in [0.5, 0.6) is 0 Å². The van der Waals surface area contributed by atoms with Crippen LogP contribution in [0.4, 0.5) is 0 Å². The summed E-state index contributed by atoms with van der Waals surface area (Å²) in [6.45, 7) is 0. The second-order valence-corrected chi connectivity index (χ2v) is 4.00. The third-order valence-corrected chi connectivity index (χ3v) is 2.58. The summed E-state index contributed by atoms with van der Waals surface area (Å²) in [6, 6.07) is 7.54. The molecule has 0 aliphatic carbocycles. The van der Waals surface area contributed by atoms with Crippen LogP contribution in [0.25, 0.3) is 6.08 Å². The van der Waals surface area contributed by atoms with Crippen LogP contribution in [0.2, 0.25) is 5.02 Å². The number of hydrogen-bond donors (Lipinski definition) is 0. The molecule has 3 nitrogen and oxygen atoms in total. The van der Waals surface area contributed by atoms with Crippen molar-refractivity contribution in [3.8, 4) is 0 Å². The van der Waals surface area contributed by atoms with Crippen molar-refractivity contribution >= 4 is 23.6 Å². The van der Waals surface area contributed by atoms with Gasteiger partial charge in [0.15, 0.2) is 0 Å². The van der Waals surface area contributed by atoms with E-state index in [4.69, 9.17) is 16.4 Å². The van der Waals surface area contributed by atoms with Crippen molar-refractivity contribution in [3.63, 3.8) is 0 Å². The van der Waals surface area contributed by atoms with Gasteiger partial charge in [0.2, 0.25) is 5.91 Å². The van der Waals surface area contributed by atoms with E-state index in [0.717, 1.165) is 10.6 Å². The van der Waals surface area contributed by atoms with Crippen LogP contribution in [0.15, 0.2) is 30.3 Å². The Labute approximate surface area is 107 Å². The van der Waals surface area contributed by atoms with Crippen molar-refractivity contribution in [3.05, 3.63) is 40.9 Å². The SMILES string of the molecule is CON(C)C(=O)CC/C=C/c1ccc(Cl)cc1. The highest BCUT2D eigenvalue weighted by Crippen LogP contribution is 2.11. The zero-order chi connectivity index (χ0) is 12.7. The van der Waals surface area contributed by atoms with E-state index in [1.54, 1.807) is 7.05 Å². The summed E-state index contributed by atoms with van der Waals surface area (Å²) >= 11 is 5.78. The molecule has 0 saturated carbocycles. The monoisotopic (exact) mass is 253 g/mol. The first-order valence-electron chi connectivity index (χ1n) is 5.36. The Morgan fingerprint density at radius 2 is 2.06 bits per heavy atom. The molecule has 1 rings (SSSR count). The van der Waals surface area contributed by atoms with Gasteiger partial charge in [0.25, 0.3) is 0 Å². The molecule has 0 N–H and O–H groups in total. The first-order chi connectivity index (χ1) is 8.13. The van der Waals surface area contributed by atoms with E-state index in [-0.39, 0.29) is 5.91 Å². The van der Waals surface area contributed by atoms with Gasteiger partial charge in [0, 0.05) is 18.5 Å². The average molecular weight is 254 g/mol. The van der Waals surface area contributed by atoms with Crippen molar-refractivity contribution in [1.29, 1.82) is 0 Å². The van der Waals surface area contributed by atoms with E-state index in [1.807, 2.05) is 36.4 Å². The molecule has 0 spiro atoms. The molecule has 1 aromatic rings. The molecule has 4 heteroatoms. The molecule has 0 unspecified atom stereocenters. The smallest absolute Gasteiger partial charge is 0.246 e. The molecule has 1 amide bonds. The number of hydrogen-bond acceptors (Lipinski definition) is 2. The molecule has 0 saturated heterocycles. The van der Waals surface area contributed by atoms with Gasteiger partial charge in [-0.3, -0.25) is 9.63 Å². The Hall–Kier alpha value is -1.32. The average Bonchev–Trinajstić information content (AvgIpc) is 2.35. The highest BCUT2D eigenvalue weighted by molar-refractivity contribution is 6.30. The number of carbonyl (C=O) groups excluding carboxylic acids is 1. The minimum Gasteiger partial charge on any atom is -0.275 e. The lowest BCUT2D eigenvalue weighted by atomic mass is 10.2. The molecular weight excluding hydrogens is 238 g/mol. The minimum atomic E-state index is -0.0340. The van der Waals surface area contributed by atoms with Gasteiger partial charge in [-0.25, -0.2) is 5.06 Å². The van der Waals surface area contributed by atoms with Crippen LogP contribution in [-0.2, 0) is 9.63 Å². The minimum absolute atomic E-state index is 0.0340. The highest BCUT2D eigenvalue weighted by Gasteiger charge is 2.04. The Bertz CT molecular complexity index is 387. The lowest BCUT2D eigenvalue weighted by Gasteiger charge is -2.12. The Morgan fingerprint density at radius 1 is 1.41 bits per heavy atom. The maximum Gasteiger partial charge on any atom is 0.246 e. The van der Waals surface area contributed by atoms with Gasteiger partial charge in [0.05, 0.1) is 7.11 Å². The van der Waals surface area contributed by atoms with E-state index in [2.05, 4.69) is 0 Å². The van der Waals surface area contributed by atoms with Crippen LogP contribution in [0.1, 0.15) is 18.4 Å². The predicted octanol–water partition coefficient (Wildman–Crippen LogP) is 3.15. The van der Waals surface area contributed by atoms with Crippen molar-refractivity contribution in [1.82, 2.24) is 5.06 Å². The van der Waals surface area contributed by atoms with Crippen molar-refractivity contribution in [2.24, 2.45) is 0 Å². The zero-order valence-electron chi connectivity index (χ0n) is 10.0. The van der Waals surface area contributed by atoms with Gasteiger partial charge in [0.1, 0.15) is 0 Å². The van der Waals surface area contributed by atoms with E-state index < -0.39 is 0 Å². The summed E-state index contributed by atoms with van der Waals surface area (Å²) in [5.41, 5.74) is 1.07. The van der Waals surface area contributed by atoms with E-state index in [9.17, 15) is 4.79 Å². The first kappa shape index (κ1) is 13.7. The maximum atomic E-state index is 11.4. The fourth-order valence-electron chi connectivity index (χ4n) is 1.26. The topological polar surface area (TPSA) is 29.5 Å². The standard InChI is InChI=1S/C13H16ClNO2/c1-15(17-2)13(16)6-4-3-5-11-7-9-12(14)10-8-11/h3,5,7-10H,4,6H2,1-2H3/b5-3+. The Kier molecular flexibility index (Phi) is 5.73. The summed E-state index contributed by atoms with van der Waals surface area (Å²) in [6.07, 6.45) is 5.06. The molecule has 0 aliphatic heterocycles. The molecule has 0 heterocycles. The number of carbonyl (C=O) groups is 1. The molecule has 0 aliphatic rings. The number of allylic oxidation sites excluding steroid dienone is 1. The van der Waals surface area contributed by atoms with E-state index in [1.165, 1.54) is 12.2 Å². The molecule has 0 aromatic heterocycles. The van der Waals surface area contributed by atoms with Crippen LogP contribution in [-0.4, -0.2) is 25.1 Å². The molecule has 1 aromatic carbocycles. The molecule has 17 heavy (non-hydrogen) atoms. The van der Waals surface area contributed by atoms with Gasteiger partial charge < -0.3 is 0 Å². The van der Waals surface area contributed by atoms with Crippen molar-refractivity contribution < 1.29 is 9.63 Å². The third-order valence-electron chi connectivity index (χ3n) is 2.33. The molecule has 0 atom stereocenters. The van der Waals surface area contributed by atoms with Crippen LogP contribution >= 0.6 is 11.6 Å². The first-order valence-corrected chi connectivity index (χ1v) is 5.74. The fourth-order valence-corrected chi connectivity index (χ4v) is 1.39. The Morgan fingerprint density at radius 3 is 2.65 bits per heavy atom. The normalized spacial score (nSPS) is 10.8. The van der Waals surface area contributed by atoms with Gasteiger partial charge in [-0.05, 0) is 24.1 Å². The number of halogens is 1. The summed E-state index contributed by atoms with van der Waals surface area (Å²) in [5.74, 6) is -0.0340. The van der Waals surface area contributed by atoms with Crippen LogP contribution in [0.3, 0.4) is 0 Å². The third kappa shape index (κ3) is 5.02. The Balaban J connectivity index is 2.36. The van der Waals surface area contributed by atoms with Gasteiger partial charge in [-0.15, -0.1) is 0 Å².